The van der Waals surface area contributed by atoms with E-state index in [0.29, 0.717) is 5.06 Å². The van der Waals surface area contributed by atoms with Crippen LogP contribution in [0.2, 0.25) is 0 Å². The van der Waals surface area contributed by atoms with Crippen LogP contribution in [0, 0.1) is 18.3 Å². The highest BCUT2D eigenvalue weighted by Crippen LogP contribution is 2.29. The summed E-state index contributed by atoms with van der Waals surface area (Å²) in [7, 11) is -4.87. The van der Waals surface area contributed by atoms with E-state index in [4.69, 9.17) is 32.9 Å². The highest BCUT2D eigenvalue weighted by Gasteiger charge is 2.37. The number of nitrogens with one attached hydrogen (secondary N) is 2. The van der Waals surface area contributed by atoms with Crippen molar-refractivity contribution in [3.63, 3.8) is 0 Å². The van der Waals surface area contributed by atoms with Gasteiger partial charge in [0.15, 0.2) is 18.1 Å². The Morgan fingerprint density at radius 2 is 1.68 bits per heavy atom. The van der Waals surface area contributed by atoms with Gasteiger partial charge in [-0.15, -0.1) is 4.28 Å². The number of hydrogen-bond donors (Lipinski definition) is 3. The van der Waals surface area contributed by atoms with Crippen LogP contribution in [-0.2, 0) is 49.4 Å². The van der Waals surface area contributed by atoms with Crippen LogP contribution in [-0.4, -0.2) is 68.9 Å². The number of nitrogens with zero attached hydrogens (tertiary/aromatic N) is 1. The molecule has 0 saturated heterocycles. The fourth-order valence-corrected chi connectivity index (χ4v) is 4.68. The number of aryl methyl sites for hydroxylation is 1. The summed E-state index contributed by atoms with van der Waals surface area (Å²) in [5.41, 5.74) is 5.48. The predicted molar refractivity (Wildman–Crippen MR) is 147 cm³/mol. The fourth-order valence-electron chi connectivity index (χ4n) is 3.80. The minimum absolute atomic E-state index is 0.0135. The van der Waals surface area contributed by atoms with Crippen molar-refractivity contribution < 1.29 is 59.2 Å². The highest BCUT2D eigenvalue weighted by atomic mass is 32.3. The summed E-state index contributed by atoms with van der Waals surface area (Å²) < 4.78 is 54.2. The molecule has 18 nitrogen and oxygen atoms in total. The summed E-state index contributed by atoms with van der Waals surface area (Å²) in [6, 6.07) is -2.00. The monoisotopic (exact) mass is 652 g/mol. The van der Waals surface area contributed by atoms with E-state index in [9.17, 15) is 32.4 Å². The average molecular weight is 653 g/mol. The molecule has 0 spiro atoms. The number of hydrogen-bond acceptors (Lipinski definition) is 14. The number of esters is 1. The number of rotatable bonds is 14. The Hall–Kier alpha value is -3.68. The second-order valence-corrected chi connectivity index (χ2v) is 12.8. The lowest BCUT2D eigenvalue weighted by atomic mass is 9.85. The van der Waals surface area contributed by atoms with Crippen molar-refractivity contribution in [1.29, 1.82) is 0 Å². The number of ether oxygens (including phenoxy) is 2. The molecule has 44 heavy (non-hydrogen) atoms. The van der Waals surface area contributed by atoms with Crippen molar-refractivity contribution in [2.45, 2.75) is 85.5 Å². The zero-order valence-corrected chi connectivity index (χ0v) is 26.3. The van der Waals surface area contributed by atoms with E-state index in [1.807, 2.05) is 0 Å². The lowest BCUT2D eigenvalue weighted by molar-refractivity contribution is -0.158. The maximum atomic E-state index is 12.5. The summed E-state index contributed by atoms with van der Waals surface area (Å²) >= 11 is 0. The lowest BCUT2D eigenvalue weighted by Gasteiger charge is -2.33. The SMILES string of the molecule is Cc1oc(=O)oc1COC(=O)C(C)(C)COS(=O)(=O)ON(C(N)=O)C1CCC(C(=O)NOCCNC(=O)OC(C)(C)C)CC1. The molecule has 0 unspecified atom stereocenters. The van der Waals surface area contributed by atoms with E-state index in [1.54, 1.807) is 20.8 Å². The Labute approximate surface area is 254 Å². The quantitative estimate of drug-likeness (QED) is 0.146. The number of carbonyl (C=O) groups is 4. The zero-order valence-electron chi connectivity index (χ0n) is 25.5. The van der Waals surface area contributed by atoms with Crippen molar-refractivity contribution in [2.75, 3.05) is 19.8 Å². The van der Waals surface area contributed by atoms with Crippen molar-refractivity contribution >= 4 is 34.4 Å². The number of nitrogens with two attached hydrogens (primary N) is 1. The highest BCUT2D eigenvalue weighted by molar-refractivity contribution is 7.81. The molecule has 1 saturated carbocycles. The molecule has 19 heteroatoms. The van der Waals surface area contributed by atoms with Crippen LogP contribution in [0.1, 0.15) is 71.8 Å². The van der Waals surface area contributed by atoms with Gasteiger partial charge in [-0.1, -0.05) is 0 Å². The molecular weight excluding hydrogens is 612 g/mol. The first-order valence-electron chi connectivity index (χ1n) is 13.6. The van der Waals surface area contributed by atoms with Crippen molar-refractivity contribution in [1.82, 2.24) is 15.9 Å². The smallest absolute Gasteiger partial charge is 0.457 e. The minimum atomic E-state index is -4.87. The summed E-state index contributed by atoms with van der Waals surface area (Å²) in [5, 5.41) is 2.93. The van der Waals surface area contributed by atoms with Crippen LogP contribution in [0.5, 0.6) is 0 Å². The van der Waals surface area contributed by atoms with Gasteiger partial charge in [0.05, 0.1) is 24.7 Å². The first-order chi connectivity index (χ1) is 20.3. The Balaban J connectivity index is 1.79. The topological polar surface area (TPSA) is 245 Å². The fraction of sp³-hybridized carbons (Fsp3) is 0.720. The Bertz CT molecular complexity index is 1320. The summed E-state index contributed by atoms with van der Waals surface area (Å²) in [5.74, 6) is -2.68. The Morgan fingerprint density at radius 3 is 2.23 bits per heavy atom. The molecule has 0 aromatic carbocycles. The van der Waals surface area contributed by atoms with E-state index in [0.717, 1.165) is 0 Å². The molecule has 2 rings (SSSR count). The van der Waals surface area contributed by atoms with Crippen LogP contribution < -0.4 is 22.4 Å². The van der Waals surface area contributed by atoms with Crippen LogP contribution in [0.3, 0.4) is 0 Å². The molecule has 1 heterocycles. The number of carbonyl (C=O) groups excluding carboxylic acids is 4. The van der Waals surface area contributed by atoms with Gasteiger partial charge in [-0.05, 0) is 67.2 Å². The molecule has 1 aliphatic carbocycles. The molecule has 4 N–H and O–H groups in total. The number of primary amides is 1. The third-order valence-corrected chi connectivity index (χ3v) is 6.87. The minimum Gasteiger partial charge on any atom is -0.457 e. The molecule has 0 radical (unpaired) electrons. The van der Waals surface area contributed by atoms with E-state index >= 15 is 0 Å². The third-order valence-electron chi connectivity index (χ3n) is 6.12. The maximum absolute atomic E-state index is 12.5. The third kappa shape index (κ3) is 12.1. The average Bonchev–Trinajstić information content (AvgIpc) is 3.24. The van der Waals surface area contributed by atoms with Gasteiger partial charge in [0.1, 0.15) is 5.60 Å². The first-order valence-corrected chi connectivity index (χ1v) is 15.0. The lowest BCUT2D eigenvalue weighted by Crippen LogP contribution is -2.48. The second kappa shape index (κ2) is 15.4. The normalized spacial score (nSPS) is 17.4. The van der Waals surface area contributed by atoms with Crippen LogP contribution in [0.4, 0.5) is 9.59 Å². The molecule has 1 aliphatic rings. The summed E-state index contributed by atoms with van der Waals surface area (Å²) in [4.78, 5) is 64.8. The van der Waals surface area contributed by atoms with Gasteiger partial charge in [-0.2, -0.15) is 13.5 Å². The number of urea groups is 1. The van der Waals surface area contributed by atoms with Gasteiger partial charge < -0.3 is 29.4 Å². The molecular formula is C25H40N4O14S. The van der Waals surface area contributed by atoms with Crippen LogP contribution in [0.25, 0.3) is 0 Å². The zero-order chi connectivity index (χ0) is 33.3. The predicted octanol–water partition coefficient (Wildman–Crippen LogP) is 1.32. The van der Waals surface area contributed by atoms with Crippen LogP contribution >= 0.6 is 0 Å². The van der Waals surface area contributed by atoms with Gasteiger partial charge in [0, 0.05) is 12.5 Å². The first kappa shape index (κ1) is 36.5. The molecule has 0 aliphatic heterocycles. The van der Waals surface area contributed by atoms with E-state index in [1.165, 1.54) is 20.8 Å². The van der Waals surface area contributed by atoms with Gasteiger partial charge in [-0.3, -0.25) is 14.4 Å². The van der Waals surface area contributed by atoms with Crippen LogP contribution in [0.15, 0.2) is 13.6 Å². The van der Waals surface area contributed by atoms with Gasteiger partial charge in [0.25, 0.3) is 0 Å². The molecule has 4 amide bonds. The van der Waals surface area contributed by atoms with E-state index < -0.39 is 76.4 Å². The summed E-state index contributed by atoms with van der Waals surface area (Å²) in [6.07, 6.45) is 0.202. The van der Waals surface area contributed by atoms with Crippen molar-refractivity contribution in [2.24, 2.45) is 17.1 Å². The molecule has 1 aromatic rings. The second-order valence-electron chi connectivity index (χ2n) is 11.6. The van der Waals surface area contributed by atoms with E-state index in [-0.39, 0.29) is 50.4 Å². The number of alkyl carbamates (subject to hydrolysis) is 1. The van der Waals surface area contributed by atoms with E-state index in [2.05, 4.69) is 15.2 Å². The van der Waals surface area contributed by atoms with Crippen molar-refractivity contribution in [3.8, 4) is 0 Å². The van der Waals surface area contributed by atoms with Crippen molar-refractivity contribution in [3.05, 3.63) is 22.1 Å². The molecule has 0 bridgehead atoms. The Morgan fingerprint density at radius 1 is 1.05 bits per heavy atom. The maximum Gasteiger partial charge on any atom is 0.519 e. The van der Waals surface area contributed by atoms with Gasteiger partial charge in [0.2, 0.25) is 5.91 Å². The molecule has 0 atom stereocenters. The summed E-state index contributed by atoms with van der Waals surface area (Å²) in [6.45, 7) is 8.18. The van der Waals surface area contributed by atoms with Gasteiger partial charge >= 0.3 is 34.3 Å². The number of hydroxylamine groups is 3. The Kier molecular flexibility index (Phi) is 12.7. The number of amides is 4. The molecule has 250 valence electrons. The largest absolute Gasteiger partial charge is 0.519 e. The standard InChI is InChI=1S/C25H40N4O14S/c1-15-18(41-23(34)40-15)13-37-20(31)25(5,6)14-39-44(35,36)43-29(21(26)32)17-9-7-16(8-10-17)19(30)28-38-12-11-27-22(33)42-24(2,3)4/h16-17H,7-14H2,1-6H3,(H2,26,32)(H,27,33)(H,28,30). The molecule has 1 fully saturated rings. The molecule has 1 aromatic heterocycles. The van der Waals surface area contributed by atoms with Gasteiger partial charge in [-0.25, -0.2) is 24.0 Å².